The number of halogens is 1. The van der Waals surface area contributed by atoms with Crippen molar-refractivity contribution in [3.63, 3.8) is 0 Å². The summed E-state index contributed by atoms with van der Waals surface area (Å²) >= 11 is 5.39. The van der Waals surface area contributed by atoms with Gasteiger partial charge in [0.05, 0.1) is 6.54 Å². The molecule has 0 aliphatic heterocycles. The van der Waals surface area contributed by atoms with Crippen molar-refractivity contribution in [2.75, 3.05) is 7.05 Å². The molecular weight excluding hydrogens is 320 g/mol. The third-order valence-corrected chi connectivity index (χ3v) is 5.14. The maximum absolute atomic E-state index is 3.60. The second kappa shape index (κ2) is 5.49. The van der Waals surface area contributed by atoms with Gasteiger partial charge in [0.15, 0.2) is 0 Å². The summed E-state index contributed by atoms with van der Waals surface area (Å²) in [4.78, 5) is 1.36. The SMILES string of the molecule is CNCc1ccc2ccn(Cc3sccc3Br)c2c1. The van der Waals surface area contributed by atoms with Crippen molar-refractivity contribution < 1.29 is 0 Å². The highest BCUT2D eigenvalue weighted by Gasteiger charge is 2.06. The molecule has 0 radical (unpaired) electrons. The van der Waals surface area contributed by atoms with Crippen LogP contribution in [0.1, 0.15) is 10.4 Å². The third kappa shape index (κ3) is 2.61. The van der Waals surface area contributed by atoms with E-state index in [1.54, 1.807) is 11.3 Å². The number of fused-ring (bicyclic) bond motifs is 1. The summed E-state index contributed by atoms with van der Waals surface area (Å²) in [6.07, 6.45) is 2.17. The minimum absolute atomic E-state index is 0.907. The van der Waals surface area contributed by atoms with Crippen LogP contribution in [-0.2, 0) is 13.1 Å². The molecule has 2 aromatic heterocycles. The van der Waals surface area contributed by atoms with Gasteiger partial charge in [0, 0.05) is 27.6 Å². The lowest BCUT2D eigenvalue weighted by Gasteiger charge is -2.06. The van der Waals surface area contributed by atoms with Crippen molar-refractivity contribution >= 4 is 38.2 Å². The zero-order chi connectivity index (χ0) is 13.2. The first-order valence-electron chi connectivity index (χ1n) is 6.22. The molecule has 2 nitrogen and oxygen atoms in total. The summed E-state index contributed by atoms with van der Waals surface area (Å²) in [5.41, 5.74) is 2.62. The van der Waals surface area contributed by atoms with E-state index in [0.29, 0.717) is 0 Å². The van der Waals surface area contributed by atoms with Crippen LogP contribution in [0.2, 0.25) is 0 Å². The number of aromatic nitrogens is 1. The number of nitrogens with one attached hydrogen (secondary N) is 1. The van der Waals surface area contributed by atoms with Gasteiger partial charge in [-0.2, -0.15) is 0 Å². The average Bonchev–Trinajstić information content (AvgIpc) is 2.98. The van der Waals surface area contributed by atoms with Gasteiger partial charge in [0.1, 0.15) is 0 Å². The fourth-order valence-corrected chi connectivity index (χ4v) is 3.75. The first kappa shape index (κ1) is 12.9. The quantitative estimate of drug-likeness (QED) is 0.755. The molecule has 98 valence electrons. The van der Waals surface area contributed by atoms with Gasteiger partial charge in [0.2, 0.25) is 0 Å². The normalized spacial score (nSPS) is 11.3. The van der Waals surface area contributed by atoms with Crippen LogP contribution < -0.4 is 5.32 Å². The van der Waals surface area contributed by atoms with Crippen molar-refractivity contribution in [2.45, 2.75) is 13.1 Å². The molecule has 0 spiro atoms. The van der Waals surface area contributed by atoms with E-state index in [9.17, 15) is 0 Å². The van der Waals surface area contributed by atoms with E-state index in [1.807, 2.05) is 7.05 Å². The van der Waals surface area contributed by atoms with Crippen LogP contribution in [0.4, 0.5) is 0 Å². The van der Waals surface area contributed by atoms with Crippen LogP contribution in [0.5, 0.6) is 0 Å². The van der Waals surface area contributed by atoms with Crippen LogP contribution in [0.3, 0.4) is 0 Å². The van der Waals surface area contributed by atoms with E-state index in [-0.39, 0.29) is 0 Å². The Morgan fingerprint density at radius 1 is 1.26 bits per heavy atom. The smallest absolute Gasteiger partial charge is 0.0580 e. The molecule has 0 atom stereocenters. The molecule has 0 aliphatic carbocycles. The fraction of sp³-hybridized carbons (Fsp3) is 0.200. The Bertz CT molecular complexity index is 699. The van der Waals surface area contributed by atoms with E-state index < -0.39 is 0 Å². The number of hydrogen-bond acceptors (Lipinski definition) is 2. The molecule has 19 heavy (non-hydrogen) atoms. The molecule has 0 aliphatic rings. The van der Waals surface area contributed by atoms with Crippen molar-refractivity contribution in [3.8, 4) is 0 Å². The molecule has 3 aromatic rings. The fourth-order valence-electron chi connectivity index (χ4n) is 2.27. The van der Waals surface area contributed by atoms with Gasteiger partial charge in [-0.15, -0.1) is 11.3 Å². The summed E-state index contributed by atoms with van der Waals surface area (Å²) in [7, 11) is 1.98. The summed E-state index contributed by atoms with van der Waals surface area (Å²) in [5.74, 6) is 0. The molecule has 0 bridgehead atoms. The number of nitrogens with zero attached hydrogens (tertiary/aromatic N) is 1. The average molecular weight is 335 g/mol. The van der Waals surface area contributed by atoms with Crippen LogP contribution >= 0.6 is 27.3 Å². The molecule has 4 heteroatoms. The zero-order valence-electron chi connectivity index (χ0n) is 10.7. The van der Waals surface area contributed by atoms with Crippen molar-refractivity contribution in [1.82, 2.24) is 9.88 Å². The van der Waals surface area contributed by atoms with Crippen LogP contribution in [0.25, 0.3) is 10.9 Å². The monoisotopic (exact) mass is 334 g/mol. The van der Waals surface area contributed by atoms with E-state index in [2.05, 4.69) is 67.7 Å². The van der Waals surface area contributed by atoms with Gasteiger partial charge in [0.25, 0.3) is 0 Å². The summed E-state index contributed by atoms with van der Waals surface area (Å²) in [5, 5.41) is 6.62. The lowest BCUT2D eigenvalue weighted by atomic mass is 10.1. The maximum Gasteiger partial charge on any atom is 0.0580 e. The van der Waals surface area contributed by atoms with E-state index in [0.717, 1.165) is 13.1 Å². The third-order valence-electron chi connectivity index (χ3n) is 3.22. The highest BCUT2D eigenvalue weighted by atomic mass is 79.9. The molecule has 0 saturated carbocycles. The summed E-state index contributed by atoms with van der Waals surface area (Å²) in [6, 6.07) is 10.9. The van der Waals surface area contributed by atoms with Crippen LogP contribution in [-0.4, -0.2) is 11.6 Å². The molecule has 1 N–H and O–H groups in total. The van der Waals surface area contributed by atoms with E-state index >= 15 is 0 Å². The number of rotatable bonds is 4. The Hall–Kier alpha value is -1.10. The molecule has 0 saturated heterocycles. The van der Waals surface area contributed by atoms with Crippen LogP contribution in [0.15, 0.2) is 46.4 Å². The Labute approximate surface area is 125 Å². The molecule has 2 heterocycles. The topological polar surface area (TPSA) is 17.0 Å². The van der Waals surface area contributed by atoms with Crippen molar-refractivity contribution in [3.05, 3.63) is 56.8 Å². The Morgan fingerprint density at radius 3 is 2.89 bits per heavy atom. The lowest BCUT2D eigenvalue weighted by molar-refractivity contribution is 0.814. The number of benzene rings is 1. The predicted molar refractivity (Wildman–Crippen MR) is 85.8 cm³/mol. The van der Waals surface area contributed by atoms with Crippen molar-refractivity contribution in [2.24, 2.45) is 0 Å². The van der Waals surface area contributed by atoms with Crippen molar-refractivity contribution in [1.29, 1.82) is 0 Å². The zero-order valence-corrected chi connectivity index (χ0v) is 13.1. The number of hydrogen-bond donors (Lipinski definition) is 1. The maximum atomic E-state index is 3.60. The van der Waals surface area contributed by atoms with Gasteiger partial charge in [-0.3, -0.25) is 0 Å². The van der Waals surface area contributed by atoms with E-state index in [1.165, 1.54) is 25.8 Å². The van der Waals surface area contributed by atoms with Gasteiger partial charge < -0.3 is 9.88 Å². The molecular formula is C15H15BrN2S. The summed E-state index contributed by atoms with van der Waals surface area (Å²) in [6.45, 7) is 1.83. The van der Waals surface area contributed by atoms with Gasteiger partial charge in [-0.25, -0.2) is 0 Å². The lowest BCUT2D eigenvalue weighted by Crippen LogP contribution is -2.05. The minimum atomic E-state index is 0.907. The Kier molecular flexibility index (Phi) is 3.73. The first-order valence-corrected chi connectivity index (χ1v) is 7.89. The second-order valence-corrected chi connectivity index (χ2v) is 6.41. The Morgan fingerprint density at radius 2 is 2.16 bits per heavy atom. The molecule has 1 aromatic carbocycles. The van der Waals surface area contributed by atoms with Crippen LogP contribution in [0, 0.1) is 0 Å². The molecule has 3 rings (SSSR count). The van der Waals surface area contributed by atoms with E-state index in [4.69, 9.17) is 0 Å². The summed E-state index contributed by atoms with van der Waals surface area (Å²) < 4.78 is 3.51. The molecule has 0 fully saturated rings. The van der Waals surface area contributed by atoms with Gasteiger partial charge in [-0.05, 0) is 57.5 Å². The minimum Gasteiger partial charge on any atom is -0.342 e. The Balaban J connectivity index is 1.99. The standard InChI is InChI=1S/C15H15BrN2S/c1-17-9-11-2-3-12-4-6-18(14(12)8-11)10-15-13(16)5-7-19-15/h2-8,17H,9-10H2,1H3. The molecule has 0 amide bonds. The van der Waals surface area contributed by atoms with Gasteiger partial charge >= 0.3 is 0 Å². The largest absolute Gasteiger partial charge is 0.342 e. The van der Waals surface area contributed by atoms with Gasteiger partial charge in [-0.1, -0.05) is 12.1 Å². The second-order valence-electron chi connectivity index (χ2n) is 4.56. The predicted octanol–water partition coefficient (Wildman–Crippen LogP) is 4.23. The molecule has 0 unspecified atom stereocenters. The highest BCUT2D eigenvalue weighted by Crippen LogP contribution is 2.26. The first-order chi connectivity index (χ1) is 9.28. The highest BCUT2D eigenvalue weighted by molar-refractivity contribution is 9.10. The number of thiophene rings is 1.